The van der Waals surface area contributed by atoms with Gasteiger partial charge in [0.1, 0.15) is 5.82 Å². The van der Waals surface area contributed by atoms with E-state index < -0.39 is 15.8 Å². The van der Waals surface area contributed by atoms with Gasteiger partial charge in [0.15, 0.2) is 5.69 Å². The van der Waals surface area contributed by atoms with Crippen LogP contribution in [0.4, 0.5) is 15.9 Å². The number of rotatable bonds is 5. The predicted octanol–water partition coefficient (Wildman–Crippen LogP) is 2.05. The smallest absolute Gasteiger partial charge is 0.211 e. The average Bonchev–Trinajstić information content (AvgIpc) is 3.03. The lowest BCUT2D eigenvalue weighted by atomic mass is 9.61. The van der Waals surface area contributed by atoms with Gasteiger partial charge in [-0.05, 0) is 57.3 Å². The summed E-state index contributed by atoms with van der Waals surface area (Å²) in [6.07, 6.45) is 2.79. The number of sulfonamides is 1. The van der Waals surface area contributed by atoms with Gasteiger partial charge in [-0.1, -0.05) is 5.16 Å². The third-order valence-corrected chi connectivity index (χ3v) is 6.99. The quantitative estimate of drug-likeness (QED) is 0.252. The molecule has 4 rings (SSSR count). The van der Waals surface area contributed by atoms with Crippen LogP contribution in [0.15, 0.2) is 32.5 Å². The van der Waals surface area contributed by atoms with Crippen LogP contribution in [0.5, 0.6) is 0 Å². The number of halogens is 2. The Morgan fingerprint density at radius 3 is 2.76 bits per heavy atom. The van der Waals surface area contributed by atoms with E-state index >= 15 is 0 Å². The summed E-state index contributed by atoms with van der Waals surface area (Å²) in [5.41, 5.74) is 0.642. The summed E-state index contributed by atoms with van der Waals surface area (Å²) in [5.74, 6) is -0.147. The first-order chi connectivity index (χ1) is 13.7. The fraction of sp³-hybridized carbons (Fsp3) is 0.438. The molecule has 1 aromatic heterocycles. The lowest BCUT2D eigenvalue weighted by Crippen LogP contribution is -2.65. The van der Waals surface area contributed by atoms with E-state index in [-0.39, 0.29) is 27.5 Å². The molecule has 156 valence electrons. The van der Waals surface area contributed by atoms with Crippen molar-refractivity contribution in [2.24, 2.45) is 10.6 Å². The Hall–Kier alpha value is -2.25. The summed E-state index contributed by atoms with van der Waals surface area (Å²) in [4.78, 5) is 0. The van der Waals surface area contributed by atoms with Crippen molar-refractivity contribution >= 4 is 43.3 Å². The summed E-state index contributed by atoms with van der Waals surface area (Å²) in [6.45, 7) is 1.05. The molecule has 29 heavy (non-hydrogen) atoms. The van der Waals surface area contributed by atoms with Crippen molar-refractivity contribution in [3.8, 4) is 0 Å². The topological polar surface area (TPSA) is 133 Å². The molecule has 2 fully saturated rings. The maximum atomic E-state index is 13.4. The zero-order chi connectivity index (χ0) is 20.8. The van der Waals surface area contributed by atoms with Gasteiger partial charge >= 0.3 is 0 Å². The number of amidine groups is 1. The Kier molecular flexibility index (Phi) is 4.99. The highest BCUT2D eigenvalue weighted by molar-refractivity contribution is 9.10. The van der Waals surface area contributed by atoms with Crippen LogP contribution in [0.2, 0.25) is 0 Å². The van der Waals surface area contributed by atoms with Crippen LogP contribution in [0.3, 0.4) is 0 Å². The third-order valence-electron chi connectivity index (χ3n) is 5.19. The van der Waals surface area contributed by atoms with Gasteiger partial charge in [0.2, 0.25) is 21.7 Å². The summed E-state index contributed by atoms with van der Waals surface area (Å²) < 4.78 is 43.0. The molecule has 0 atom stereocenters. The number of hydrogen-bond acceptors (Lipinski definition) is 8. The molecule has 10 nitrogen and oxygen atoms in total. The number of nitrogens with one attached hydrogen (secondary N) is 2. The molecule has 2 aliphatic rings. The highest BCUT2D eigenvalue weighted by Gasteiger charge is 2.54. The number of anilines is 2. The van der Waals surface area contributed by atoms with Crippen molar-refractivity contribution in [1.29, 1.82) is 0 Å². The molecule has 0 unspecified atom stereocenters. The highest BCUT2D eigenvalue weighted by Crippen LogP contribution is 2.50. The first kappa shape index (κ1) is 20.0. The molecule has 2 heterocycles. The van der Waals surface area contributed by atoms with E-state index in [0.717, 1.165) is 12.8 Å². The molecular formula is C16H18BrFN6O4S. The van der Waals surface area contributed by atoms with Crippen molar-refractivity contribution in [2.45, 2.75) is 18.9 Å². The SMILES string of the molecule is CS(=O)(=O)N1CC2(CC(Nc3nonc3C(=NO)Nc3ccc(F)c(Br)c3)C2)C1. The first-order valence-electron chi connectivity index (χ1n) is 8.68. The standard InChI is InChI=1S/C16H18BrFN6O4S/c1-29(26,27)24-7-16(8-24)5-10(6-16)20-15-13(22-28-23-15)14(21-25)19-9-2-3-12(18)11(17)4-9/h2-4,10,25H,5-8H2,1H3,(H,19,21)(H,20,23). The molecule has 3 N–H and O–H groups in total. The molecule has 1 spiro atoms. The van der Waals surface area contributed by atoms with E-state index in [1.54, 1.807) is 0 Å². The summed E-state index contributed by atoms with van der Waals surface area (Å²) in [7, 11) is -3.14. The van der Waals surface area contributed by atoms with Crippen LogP contribution in [0.1, 0.15) is 18.5 Å². The van der Waals surface area contributed by atoms with E-state index in [0.29, 0.717) is 24.6 Å². The molecule has 0 amide bonds. The average molecular weight is 489 g/mol. The first-order valence-corrected chi connectivity index (χ1v) is 11.3. The molecule has 13 heteroatoms. The van der Waals surface area contributed by atoms with Crippen molar-refractivity contribution in [2.75, 3.05) is 30.0 Å². The molecule has 1 saturated carbocycles. The van der Waals surface area contributed by atoms with Gasteiger partial charge in [-0.3, -0.25) is 0 Å². The molecule has 1 aliphatic heterocycles. The molecular weight excluding hydrogens is 471 g/mol. The maximum Gasteiger partial charge on any atom is 0.211 e. The maximum absolute atomic E-state index is 13.4. The lowest BCUT2D eigenvalue weighted by Gasteiger charge is -2.58. The second kappa shape index (κ2) is 7.22. The van der Waals surface area contributed by atoms with Crippen molar-refractivity contribution in [3.63, 3.8) is 0 Å². The van der Waals surface area contributed by atoms with E-state index in [2.05, 4.69) is 42.0 Å². The largest absolute Gasteiger partial charge is 0.409 e. The Balaban J connectivity index is 1.39. The highest BCUT2D eigenvalue weighted by atomic mass is 79.9. The third kappa shape index (κ3) is 3.94. The van der Waals surface area contributed by atoms with Gasteiger partial charge in [-0.25, -0.2) is 21.7 Å². The van der Waals surface area contributed by atoms with Crippen LogP contribution in [0, 0.1) is 11.2 Å². The zero-order valence-electron chi connectivity index (χ0n) is 15.3. The van der Waals surface area contributed by atoms with E-state index in [9.17, 15) is 18.0 Å². The predicted molar refractivity (Wildman–Crippen MR) is 106 cm³/mol. The molecule has 0 radical (unpaired) electrons. The van der Waals surface area contributed by atoms with Crippen molar-refractivity contribution in [1.82, 2.24) is 14.6 Å². The Labute approximate surface area is 174 Å². The summed E-state index contributed by atoms with van der Waals surface area (Å²) in [5, 5.41) is 26.2. The van der Waals surface area contributed by atoms with Crippen LogP contribution >= 0.6 is 15.9 Å². The van der Waals surface area contributed by atoms with Crippen LogP contribution in [-0.2, 0) is 10.0 Å². The van der Waals surface area contributed by atoms with Crippen LogP contribution in [-0.4, -0.2) is 59.5 Å². The summed E-state index contributed by atoms with van der Waals surface area (Å²) in [6, 6.07) is 4.29. The number of nitrogens with zero attached hydrogens (tertiary/aromatic N) is 4. The van der Waals surface area contributed by atoms with Crippen LogP contribution < -0.4 is 10.6 Å². The van der Waals surface area contributed by atoms with Crippen LogP contribution in [0.25, 0.3) is 0 Å². The van der Waals surface area contributed by atoms with Gasteiger partial charge in [0.05, 0.1) is 10.7 Å². The van der Waals surface area contributed by atoms with Gasteiger partial charge in [0, 0.05) is 30.2 Å². The van der Waals surface area contributed by atoms with E-state index in [1.807, 2.05) is 0 Å². The molecule has 1 aliphatic carbocycles. The second-order valence-corrected chi connectivity index (χ2v) is 10.3. The molecule has 2 aromatic rings. The normalized spacial score (nSPS) is 19.6. The second-order valence-electron chi connectivity index (χ2n) is 7.44. The van der Waals surface area contributed by atoms with Gasteiger partial charge in [0.25, 0.3) is 0 Å². The number of hydrogen-bond donors (Lipinski definition) is 3. The molecule has 0 bridgehead atoms. The van der Waals surface area contributed by atoms with Gasteiger partial charge < -0.3 is 15.8 Å². The Bertz CT molecular complexity index is 1060. The summed E-state index contributed by atoms with van der Waals surface area (Å²) >= 11 is 3.09. The fourth-order valence-corrected chi connectivity index (χ4v) is 5.15. The minimum absolute atomic E-state index is 0.00457. The van der Waals surface area contributed by atoms with Crippen molar-refractivity contribution < 1.29 is 22.6 Å². The molecule has 1 aromatic carbocycles. The lowest BCUT2D eigenvalue weighted by molar-refractivity contribution is -0.0170. The molecule has 1 saturated heterocycles. The van der Waals surface area contributed by atoms with Crippen molar-refractivity contribution in [3.05, 3.63) is 34.2 Å². The number of aromatic nitrogens is 2. The zero-order valence-corrected chi connectivity index (χ0v) is 17.7. The van der Waals surface area contributed by atoms with E-state index in [1.165, 1.54) is 28.8 Å². The van der Waals surface area contributed by atoms with Gasteiger partial charge in [-0.15, -0.1) is 0 Å². The Morgan fingerprint density at radius 1 is 1.41 bits per heavy atom. The Morgan fingerprint density at radius 2 is 2.14 bits per heavy atom. The monoisotopic (exact) mass is 488 g/mol. The minimum atomic E-state index is -3.14. The number of benzene rings is 1. The van der Waals surface area contributed by atoms with Gasteiger partial charge in [-0.2, -0.15) is 0 Å². The minimum Gasteiger partial charge on any atom is -0.409 e. The number of oxime groups is 1. The van der Waals surface area contributed by atoms with E-state index in [4.69, 9.17) is 4.63 Å². The fourth-order valence-electron chi connectivity index (χ4n) is 3.76.